The molecule has 2 aromatic carbocycles. The molecule has 0 saturated carbocycles. The summed E-state index contributed by atoms with van der Waals surface area (Å²) in [6.45, 7) is 1.58. The van der Waals surface area contributed by atoms with Gasteiger partial charge in [0.05, 0.1) is 18.5 Å². The van der Waals surface area contributed by atoms with E-state index in [0.29, 0.717) is 11.6 Å². The van der Waals surface area contributed by atoms with Crippen molar-refractivity contribution in [1.82, 2.24) is 24.1 Å². The SMILES string of the molecule is COc1cc(-c2nc3sccn3c2-c2ccnc(NCCCNSc3ccccc3)n2)ccc1F. The molecule has 0 radical (unpaired) electrons. The lowest BCUT2D eigenvalue weighted by Gasteiger charge is -2.09. The van der Waals surface area contributed by atoms with Crippen molar-refractivity contribution in [3.63, 3.8) is 0 Å². The fraction of sp³-hybridized carbons (Fsp3) is 0.160. The van der Waals surface area contributed by atoms with Crippen molar-refractivity contribution in [1.29, 1.82) is 0 Å². The quantitative estimate of drug-likeness (QED) is 0.184. The molecule has 5 aromatic rings. The smallest absolute Gasteiger partial charge is 0.223 e. The Hall–Kier alpha value is -3.47. The number of halogens is 1. The Bertz CT molecular complexity index is 1420. The van der Waals surface area contributed by atoms with Crippen LogP contribution in [0.4, 0.5) is 10.3 Å². The van der Waals surface area contributed by atoms with Crippen LogP contribution in [0.2, 0.25) is 0 Å². The third-order valence-corrected chi connectivity index (χ3v) is 6.87. The molecule has 0 aliphatic heterocycles. The number of rotatable bonds is 10. The first-order valence-electron chi connectivity index (χ1n) is 11.0. The molecule has 0 unspecified atom stereocenters. The van der Waals surface area contributed by atoms with Gasteiger partial charge in [0.2, 0.25) is 5.95 Å². The second-order valence-electron chi connectivity index (χ2n) is 7.57. The van der Waals surface area contributed by atoms with Crippen LogP contribution >= 0.6 is 23.3 Å². The van der Waals surface area contributed by atoms with Crippen molar-refractivity contribution in [2.45, 2.75) is 11.3 Å². The molecule has 0 spiro atoms. The number of thiazole rings is 1. The van der Waals surface area contributed by atoms with Gasteiger partial charge in [0.1, 0.15) is 5.69 Å². The normalized spacial score (nSPS) is 11.1. The summed E-state index contributed by atoms with van der Waals surface area (Å²) >= 11 is 3.15. The summed E-state index contributed by atoms with van der Waals surface area (Å²) in [5, 5.41) is 5.28. The van der Waals surface area contributed by atoms with Crippen LogP contribution in [0.1, 0.15) is 6.42 Å². The van der Waals surface area contributed by atoms with E-state index in [1.165, 1.54) is 29.4 Å². The average Bonchev–Trinajstić information content (AvgIpc) is 3.49. The third-order valence-electron chi connectivity index (χ3n) is 5.26. The van der Waals surface area contributed by atoms with E-state index in [4.69, 9.17) is 14.7 Å². The van der Waals surface area contributed by atoms with E-state index in [0.717, 1.165) is 41.4 Å². The Morgan fingerprint density at radius 1 is 1.09 bits per heavy atom. The van der Waals surface area contributed by atoms with Crippen LogP contribution in [0.5, 0.6) is 5.75 Å². The van der Waals surface area contributed by atoms with E-state index in [-0.39, 0.29) is 5.75 Å². The van der Waals surface area contributed by atoms with Crippen molar-refractivity contribution >= 4 is 34.2 Å². The number of aromatic nitrogens is 4. The first kappa shape index (κ1) is 23.3. The lowest BCUT2D eigenvalue weighted by Crippen LogP contribution is -2.12. The maximum atomic E-state index is 14.0. The minimum atomic E-state index is -0.413. The molecule has 3 aromatic heterocycles. The maximum Gasteiger partial charge on any atom is 0.223 e. The van der Waals surface area contributed by atoms with Crippen LogP contribution in [0.15, 0.2) is 77.3 Å². The van der Waals surface area contributed by atoms with Crippen LogP contribution in [0.3, 0.4) is 0 Å². The highest BCUT2D eigenvalue weighted by molar-refractivity contribution is 7.97. The van der Waals surface area contributed by atoms with Crippen molar-refractivity contribution in [3.05, 3.63) is 78.2 Å². The summed E-state index contributed by atoms with van der Waals surface area (Å²) in [6.07, 6.45) is 4.60. The fourth-order valence-corrected chi connectivity index (χ4v) is 5.02. The van der Waals surface area contributed by atoms with E-state index in [1.54, 1.807) is 30.3 Å². The van der Waals surface area contributed by atoms with Gasteiger partial charge in [-0.15, -0.1) is 11.3 Å². The minimum Gasteiger partial charge on any atom is -0.494 e. The number of benzene rings is 2. The predicted molar refractivity (Wildman–Crippen MR) is 139 cm³/mol. The van der Waals surface area contributed by atoms with E-state index in [1.807, 2.05) is 40.2 Å². The topological polar surface area (TPSA) is 76.4 Å². The number of ether oxygens (including phenoxy) is 1. The van der Waals surface area contributed by atoms with Crippen molar-refractivity contribution in [2.75, 3.05) is 25.5 Å². The summed E-state index contributed by atoms with van der Waals surface area (Å²) in [4.78, 5) is 15.9. The largest absolute Gasteiger partial charge is 0.494 e. The monoisotopic (exact) mass is 506 g/mol. The Balaban J connectivity index is 1.31. The number of fused-ring (bicyclic) bond motifs is 1. The van der Waals surface area contributed by atoms with E-state index in [2.05, 4.69) is 27.2 Å². The van der Waals surface area contributed by atoms with Crippen molar-refractivity contribution in [3.8, 4) is 28.4 Å². The molecule has 5 rings (SSSR count). The Morgan fingerprint density at radius 3 is 2.83 bits per heavy atom. The second kappa shape index (κ2) is 10.9. The molecule has 0 aliphatic carbocycles. The van der Waals surface area contributed by atoms with Gasteiger partial charge in [-0.25, -0.2) is 19.3 Å². The standard InChI is InChI=1S/C25H23FN6OS2/c1-33-21-16-17(8-9-19(21)26)22-23(32-14-15-34-25(32)31-22)20-10-13-28-24(30-20)27-11-5-12-29-35-18-6-3-2-4-7-18/h2-4,6-10,13-16,29H,5,11-12H2,1H3,(H,27,28,30). The molecular weight excluding hydrogens is 483 g/mol. The first-order chi connectivity index (χ1) is 17.2. The van der Waals surface area contributed by atoms with Crippen LogP contribution in [0.25, 0.3) is 27.6 Å². The maximum absolute atomic E-state index is 14.0. The zero-order valence-corrected chi connectivity index (χ0v) is 20.6. The molecule has 3 heterocycles. The highest BCUT2D eigenvalue weighted by atomic mass is 32.2. The first-order valence-corrected chi connectivity index (χ1v) is 12.7. The lowest BCUT2D eigenvalue weighted by atomic mass is 10.1. The number of nitrogens with one attached hydrogen (secondary N) is 2. The number of hydrogen-bond acceptors (Lipinski definition) is 8. The molecule has 35 heavy (non-hydrogen) atoms. The molecule has 0 atom stereocenters. The molecule has 0 aliphatic rings. The zero-order chi connectivity index (χ0) is 24.0. The number of imidazole rings is 1. The van der Waals surface area contributed by atoms with Gasteiger partial charge in [-0.3, -0.25) is 9.12 Å². The predicted octanol–water partition coefficient (Wildman–Crippen LogP) is 5.77. The van der Waals surface area contributed by atoms with Gasteiger partial charge in [-0.05, 0) is 54.8 Å². The molecule has 2 N–H and O–H groups in total. The van der Waals surface area contributed by atoms with Crippen LogP contribution < -0.4 is 14.8 Å². The summed E-state index contributed by atoms with van der Waals surface area (Å²) in [7, 11) is 1.45. The van der Waals surface area contributed by atoms with E-state index in [9.17, 15) is 4.39 Å². The van der Waals surface area contributed by atoms with Gasteiger partial charge in [0.25, 0.3) is 0 Å². The van der Waals surface area contributed by atoms with Crippen LogP contribution in [0, 0.1) is 5.82 Å². The summed E-state index contributed by atoms with van der Waals surface area (Å²) < 4.78 is 24.5. The highest BCUT2D eigenvalue weighted by Crippen LogP contribution is 2.35. The summed E-state index contributed by atoms with van der Waals surface area (Å²) in [5.74, 6) is 0.309. The lowest BCUT2D eigenvalue weighted by molar-refractivity contribution is 0.387. The van der Waals surface area contributed by atoms with Gasteiger partial charge in [-0.1, -0.05) is 18.2 Å². The molecular formula is C25H23FN6OS2. The van der Waals surface area contributed by atoms with Gasteiger partial charge in [0, 0.05) is 41.3 Å². The molecule has 0 fully saturated rings. The number of nitrogens with zero attached hydrogens (tertiary/aromatic N) is 4. The fourth-order valence-electron chi connectivity index (χ4n) is 3.60. The minimum absolute atomic E-state index is 0.175. The van der Waals surface area contributed by atoms with Crippen molar-refractivity contribution in [2.24, 2.45) is 0 Å². The van der Waals surface area contributed by atoms with E-state index < -0.39 is 5.82 Å². The summed E-state index contributed by atoms with van der Waals surface area (Å²) in [6, 6.07) is 16.8. The summed E-state index contributed by atoms with van der Waals surface area (Å²) in [5.41, 5.74) is 3.01. The average molecular weight is 507 g/mol. The molecule has 0 saturated heterocycles. The molecule has 10 heteroatoms. The van der Waals surface area contributed by atoms with Gasteiger partial charge >= 0.3 is 0 Å². The number of anilines is 1. The van der Waals surface area contributed by atoms with Crippen LogP contribution in [-0.4, -0.2) is 39.6 Å². The second-order valence-corrected chi connectivity index (χ2v) is 9.41. The Kier molecular flexibility index (Phi) is 7.22. The number of hydrogen-bond donors (Lipinski definition) is 2. The van der Waals surface area contributed by atoms with E-state index >= 15 is 0 Å². The van der Waals surface area contributed by atoms with Crippen molar-refractivity contribution < 1.29 is 9.13 Å². The Labute approximate surface area is 210 Å². The van der Waals surface area contributed by atoms with Crippen LogP contribution in [-0.2, 0) is 0 Å². The van der Waals surface area contributed by atoms with Gasteiger partial charge < -0.3 is 10.1 Å². The third kappa shape index (κ3) is 5.29. The molecule has 0 bridgehead atoms. The molecule has 178 valence electrons. The molecule has 7 nitrogen and oxygen atoms in total. The van der Waals surface area contributed by atoms with Gasteiger partial charge in [-0.2, -0.15) is 0 Å². The van der Waals surface area contributed by atoms with Gasteiger partial charge in [0.15, 0.2) is 16.5 Å². The Morgan fingerprint density at radius 2 is 1.97 bits per heavy atom. The zero-order valence-electron chi connectivity index (χ0n) is 18.9. The number of methoxy groups -OCH3 is 1. The molecule has 0 amide bonds. The highest BCUT2D eigenvalue weighted by Gasteiger charge is 2.19.